The van der Waals surface area contributed by atoms with E-state index in [2.05, 4.69) is 5.32 Å². The summed E-state index contributed by atoms with van der Waals surface area (Å²) in [4.78, 5) is 24.5. The summed E-state index contributed by atoms with van der Waals surface area (Å²) >= 11 is 7.03. The Labute approximate surface area is 133 Å². The highest BCUT2D eigenvalue weighted by Gasteiger charge is 2.38. The first-order valence-corrected chi connectivity index (χ1v) is 8.33. The third-order valence-corrected chi connectivity index (χ3v) is 5.48. The van der Waals surface area contributed by atoms with Gasteiger partial charge in [0.25, 0.3) is 0 Å². The Hall–Kier alpha value is -0.910. The van der Waals surface area contributed by atoms with Crippen LogP contribution >= 0.6 is 22.9 Å². The van der Waals surface area contributed by atoms with Crippen molar-refractivity contribution in [3.05, 3.63) is 21.3 Å². The minimum Gasteiger partial charge on any atom is -0.396 e. The second kappa shape index (κ2) is 6.90. The summed E-state index contributed by atoms with van der Waals surface area (Å²) in [6.07, 6.45) is 3.17. The van der Waals surface area contributed by atoms with E-state index in [1.54, 1.807) is 12.1 Å². The molecule has 0 aliphatic heterocycles. The van der Waals surface area contributed by atoms with Crippen LogP contribution < -0.4 is 5.32 Å². The van der Waals surface area contributed by atoms with Gasteiger partial charge in [-0.1, -0.05) is 24.9 Å². The summed E-state index contributed by atoms with van der Waals surface area (Å²) in [7, 11) is 0. The van der Waals surface area contributed by atoms with Crippen molar-refractivity contribution >= 4 is 34.6 Å². The number of thiophene rings is 1. The third kappa shape index (κ3) is 4.05. The lowest BCUT2D eigenvalue weighted by atomic mass is 9.85. The average molecular weight is 330 g/mol. The van der Waals surface area contributed by atoms with Gasteiger partial charge in [-0.05, 0) is 25.0 Å². The molecule has 1 amide bonds. The van der Waals surface area contributed by atoms with E-state index >= 15 is 0 Å². The van der Waals surface area contributed by atoms with E-state index in [-0.39, 0.29) is 42.6 Å². The molecule has 2 unspecified atom stereocenters. The van der Waals surface area contributed by atoms with E-state index in [1.807, 2.05) is 6.92 Å². The van der Waals surface area contributed by atoms with Gasteiger partial charge in [0, 0.05) is 24.3 Å². The average Bonchev–Trinajstić information content (AvgIpc) is 3.04. The topological polar surface area (TPSA) is 66.4 Å². The lowest BCUT2D eigenvalue weighted by Crippen LogP contribution is -2.44. The van der Waals surface area contributed by atoms with E-state index in [0.717, 1.165) is 19.3 Å². The molecular formula is C15H20ClNO3S. The SMILES string of the molecule is CC1(CO)CCCC1NC(=O)CCC(=O)c1ccc(Cl)s1. The van der Waals surface area contributed by atoms with Gasteiger partial charge in [-0.2, -0.15) is 0 Å². The van der Waals surface area contributed by atoms with Gasteiger partial charge in [0.2, 0.25) is 5.91 Å². The Morgan fingerprint density at radius 3 is 2.86 bits per heavy atom. The number of carbonyl (C=O) groups is 2. The normalized spacial score (nSPS) is 25.0. The van der Waals surface area contributed by atoms with E-state index in [1.165, 1.54) is 11.3 Å². The standard InChI is InChI=1S/C15H20ClNO3S/c1-15(9-18)8-2-3-12(15)17-14(20)7-4-10(19)11-5-6-13(16)21-11/h5-6,12,18H,2-4,7-9H2,1H3,(H,17,20). The molecule has 1 fully saturated rings. The molecule has 1 aromatic heterocycles. The summed E-state index contributed by atoms with van der Waals surface area (Å²) in [6.45, 7) is 2.06. The van der Waals surface area contributed by atoms with Crippen LogP contribution in [0, 0.1) is 5.41 Å². The lowest BCUT2D eigenvalue weighted by Gasteiger charge is -2.30. The molecular weight excluding hydrogens is 310 g/mol. The molecule has 1 saturated carbocycles. The fourth-order valence-electron chi connectivity index (χ4n) is 2.75. The predicted molar refractivity (Wildman–Crippen MR) is 83.9 cm³/mol. The first-order chi connectivity index (χ1) is 9.94. The van der Waals surface area contributed by atoms with Crippen molar-refractivity contribution in [3.8, 4) is 0 Å². The van der Waals surface area contributed by atoms with Crippen LogP contribution in [0.1, 0.15) is 48.7 Å². The van der Waals surface area contributed by atoms with Crippen molar-refractivity contribution in [3.63, 3.8) is 0 Å². The fraction of sp³-hybridized carbons (Fsp3) is 0.600. The number of halogens is 1. The summed E-state index contributed by atoms with van der Waals surface area (Å²) < 4.78 is 0.576. The van der Waals surface area contributed by atoms with Crippen LogP contribution in [0.4, 0.5) is 0 Å². The van der Waals surface area contributed by atoms with Crippen molar-refractivity contribution in [1.82, 2.24) is 5.32 Å². The van der Waals surface area contributed by atoms with Crippen LogP contribution in [0.5, 0.6) is 0 Å². The highest BCUT2D eigenvalue weighted by molar-refractivity contribution is 7.18. The molecule has 1 aliphatic carbocycles. The fourth-order valence-corrected chi connectivity index (χ4v) is 3.76. The quantitative estimate of drug-likeness (QED) is 0.788. The number of rotatable bonds is 6. The number of hydrogen-bond acceptors (Lipinski definition) is 4. The summed E-state index contributed by atoms with van der Waals surface area (Å²) in [5.74, 6) is -0.184. The summed E-state index contributed by atoms with van der Waals surface area (Å²) in [5, 5.41) is 12.4. The van der Waals surface area contributed by atoms with Crippen molar-refractivity contribution in [2.75, 3.05) is 6.61 Å². The molecule has 2 rings (SSSR count). The van der Waals surface area contributed by atoms with Crippen LogP contribution in [0.15, 0.2) is 12.1 Å². The smallest absolute Gasteiger partial charge is 0.220 e. The lowest BCUT2D eigenvalue weighted by molar-refractivity contribution is -0.122. The number of Topliss-reactive ketones (excluding diaryl/α,β-unsaturated/α-hetero) is 1. The first-order valence-electron chi connectivity index (χ1n) is 7.13. The number of nitrogens with one attached hydrogen (secondary N) is 1. The van der Waals surface area contributed by atoms with Crippen molar-refractivity contribution in [2.24, 2.45) is 5.41 Å². The van der Waals surface area contributed by atoms with Crippen molar-refractivity contribution < 1.29 is 14.7 Å². The Morgan fingerprint density at radius 1 is 1.48 bits per heavy atom. The van der Waals surface area contributed by atoms with Gasteiger partial charge in [-0.25, -0.2) is 0 Å². The second-order valence-corrected chi connectivity index (χ2v) is 7.57. The summed E-state index contributed by atoms with van der Waals surface area (Å²) in [5.41, 5.74) is -0.235. The van der Waals surface area contributed by atoms with E-state index in [4.69, 9.17) is 11.6 Å². The van der Waals surface area contributed by atoms with E-state index < -0.39 is 0 Å². The number of hydrogen-bond donors (Lipinski definition) is 2. The number of ketones is 1. The monoisotopic (exact) mass is 329 g/mol. The van der Waals surface area contributed by atoms with Gasteiger partial charge < -0.3 is 10.4 Å². The number of aliphatic hydroxyl groups is 1. The third-order valence-electron chi connectivity index (χ3n) is 4.21. The number of amides is 1. The molecule has 2 atom stereocenters. The van der Waals surface area contributed by atoms with Crippen molar-refractivity contribution in [2.45, 2.75) is 45.1 Å². The van der Waals surface area contributed by atoms with Crippen LogP contribution in [0.2, 0.25) is 4.34 Å². The maximum atomic E-state index is 12.0. The zero-order chi connectivity index (χ0) is 15.5. The van der Waals surface area contributed by atoms with Gasteiger partial charge in [0.15, 0.2) is 5.78 Å². The van der Waals surface area contributed by atoms with Gasteiger partial charge in [-0.3, -0.25) is 9.59 Å². The minimum atomic E-state index is -0.235. The molecule has 6 heteroatoms. The molecule has 0 radical (unpaired) electrons. The van der Waals surface area contributed by atoms with E-state index in [0.29, 0.717) is 9.21 Å². The molecule has 0 aromatic carbocycles. The molecule has 116 valence electrons. The van der Waals surface area contributed by atoms with Crippen LogP contribution in [0.25, 0.3) is 0 Å². The van der Waals surface area contributed by atoms with E-state index in [9.17, 15) is 14.7 Å². The molecule has 0 saturated heterocycles. The van der Waals surface area contributed by atoms with Gasteiger partial charge in [-0.15, -0.1) is 11.3 Å². The molecule has 1 aromatic rings. The maximum Gasteiger partial charge on any atom is 0.220 e. The highest BCUT2D eigenvalue weighted by atomic mass is 35.5. The number of aliphatic hydroxyl groups excluding tert-OH is 1. The van der Waals surface area contributed by atoms with Crippen LogP contribution in [0.3, 0.4) is 0 Å². The van der Waals surface area contributed by atoms with Crippen LogP contribution in [-0.4, -0.2) is 29.4 Å². The first kappa shape index (κ1) is 16.5. The molecule has 0 spiro atoms. The molecule has 2 N–H and O–H groups in total. The van der Waals surface area contributed by atoms with Crippen LogP contribution in [-0.2, 0) is 4.79 Å². The second-order valence-electron chi connectivity index (χ2n) is 5.85. The van der Waals surface area contributed by atoms with Gasteiger partial charge in [0.05, 0.1) is 15.8 Å². The predicted octanol–water partition coefficient (Wildman–Crippen LogP) is 3.03. The Kier molecular flexibility index (Phi) is 5.41. The molecule has 1 heterocycles. The molecule has 0 bridgehead atoms. The van der Waals surface area contributed by atoms with Gasteiger partial charge >= 0.3 is 0 Å². The Balaban J connectivity index is 1.81. The molecule has 4 nitrogen and oxygen atoms in total. The summed E-state index contributed by atoms with van der Waals surface area (Å²) in [6, 6.07) is 3.37. The minimum absolute atomic E-state index is 0.00119. The maximum absolute atomic E-state index is 12.0. The van der Waals surface area contributed by atoms with Gasteiger partial charge in [0.1, 0.15) is 0 Å². The number of carbonyl (C=O) groups excluding carboxylic acids is 2. The van der Waals surface area contributed by atoms with Crippen molar-refractivity contribution in [1.29, 1.82) is 0 Å². The largest absolute Gasteiger partial charge is 0.396 e. The molecule has 1 aliphatic rings. The Bertz CT molecular complexity index is 531. The zero-order valence-electron chi connectivity index (χ0n) is 12.0. The zero-order valence-corrected chi connectivity index (χ0v) is 13.6. The highest BCUT2D eigenvalue weighted by Crippen LogP contribution is 2.37. The Morgan fingerprint density at radius 2 is 2.24 bits per heavy atom. The molecule has 21 heavy (non-hydrogen) atoms.